The Morgan fingerprint density at radius 2 is 1.12 bits per heavy atom. The van der Waals surface area contributed by atoms with Crippen molar-refractivity contribution in [1.29, 1.82) is 0 Å². The molecule has 2 heterocycles. The van der Waals surface area contributed by atoms with Crippen LogP contribution in [-0.4, -0.2) is 20.8 Å². The lowest BCUT2D eigenvalue weighted by atomic mass is 10.1. The number of hydrogen-bond donors (Lipinski definition) is 2. The van der Waals surface area contributed by atoms with Gasteiger partial charge in [-0.2, -0.15) is 0 Å². The molecule has 0 spiro atoms. The number of para-hydroxylation sites is 2. The molecule has 10 heteroatoms. The second-order valence-electron chi connectivity index (χ2n) is 12.7. The smallest absolute Gasteiger partial charge is 0.408 e. The Kier molecular flexibility index (Phi) is 10.6. The molecule has 8 nitrogen and oxygen atoms in total. The van der Waals surface area contributed by atoms with Crippen LogP contribution in [-0.2, 0) is 4.74 Å². The van der Waals surface area contributed by atoms with Gasteiger partial charge >= 0.3 is 6.09 Å². The van der Waals surface area contributed by atoms with Crippen molar-refractivity contribution in [3.8, 4) is 11.4 Å². The van der Waals surface area contributed by atoms with E-state index in [0.29, 0.717) is 32.2 Å². The fourth-order valence-corrected chi connectivity index (χ4v) is 6.10. The van der Waals surface area contributed by atoms with E-state index in [-0.39, 0.29) is 17.2 Å². The summed E-state index contributed by atoms with van der Waals surface area (Å²) in [5.74, 6) is 0. The fourth-order valence-electron chi connectivity index (χ4n) is 5.58. The quantitative estimate of drug-likeness (QED) is 0.187. The van der Waals surface area contributed by atoms with Crippen molar-refractivity contribution < 1.29 is 9.53 Å². The Hall–Kier alpha value is -4.89. The zero-order valence-electron chi connectivity index (χ0n) is 27.9. The molecule has 3 N–H and O–H groups in total. The summed E-state index contributed by atoms with van der Waals surface area (Å²) in [6.07, 6.45) is -0.543. The molecule has 0 bridgehead atoms. The molecular formula is C39H38Cl2N4O4. The number of alkyl carbamates (subject to hydrolysis) is 1. The molecule has 0 saturated heterocycles. The molecule has 6 rings (SSSR count). The molecule has 0 aliphatic carbocycles. The number of nitrogens with one attached hydrogen (secondary N) is 1. The van der Waals surface area contributed by atoms with Gasteiger partial charge < -0.3 is 15.8 Å². The van der Waals surface area contributed by atoms with Gasteiger partial charge in [0.1, 0.15) is 5.60 Å². The van der Waals surface area contributed by atoms with Crippen molar-refractivity contribution in [1.82, 2.24) is 14.5 Å². The Balaban J connectivity index is 0.000000199. The standard InChI is InChI=1S/C22H23ClN2O3.C17H15ClN2O/c1-14(24-21(27)28-22(2,3)4)18-13-15-9-8-12-17(23)19(15)20(26)25(18)16-10-6-5-7-11-16;1-11(19)15-10-12-6-5-9-14(18)16(12)17(21)20(15)13-7-3-2-4-8-13/h5-14H,1-4H3,(H,24,27);2-11H,19H2,1H3/t14-;11-/m00/s1. The largest absolute Gasteiger partial charge is 0.444 e. The Labute approximate surface area is 294 Å². The number of aromatic nitrogens is 2. The minimum Gasteiger partial charge on any atom is -0.444 e. The van der Waals surface area contributed by atoms with Crippen LogP contribution >= 0.6 is 23.2 Å². The van der Waals surface area contributed by atoms with Crippen molar-refractivity contribution in [2.75, 3.05) is 0 Å². The second kappa shape index (κ2) is 14.7. The van der Waals surface area contributed by atoms with Gasteiger partial charge in [0.25, 0.3) is 11.1 Å². The Morgan fingerprint density at radius 1 is 0.694 bits per heavy atom. The van der Waals surface area contributed by atoms with E-state index in [1.165, 1.54) is 0 Å². The number of nitrogens with zero attached hydrogens (tertiary/aromatic N) is 2. The first-order valence-electron chi connectivity index (χ1n) is 15.8. The molecule has 0 radical (unpaired) electrons. The first-order valence-corrected chi connectivity index (χ1v) is 16.6. The van der Waals surface area contributed by atoms with E-state index >= 15 is 0 Å². The minimum absolute atomic E-state index is 0.142. The summed E-state index contributed by atoms with van der Waals surface area (Å²) in [4.78, 5) is 38.5. The predicted molar refractivity (Wildman–Crippen MR) is 199 cm³/mol. The third-order valence-corrected chi connectivity index (χ3v) is 8.35. The van der Waals surface area contributed by atoms with E-state index < -0.39 is 17.7 Å². The topological polar surface area (TPSA) is 108 Å². The number of fused-ring (bicyclic) bond motifs is 2. The maximum Gasteiger partial charge on any atom is 0.408 e. The molecule has 1 amide bonds. The minimum atomic E-state index is -0.611. The Bertz CT molecular complexity index is 2240. The van der Waals surface area contributed by atoms with E-state index in [1.54, 1.807) is 48.1 Å². The monoisotopic (exact) mass is 696 g/mol. The molecular weight excluding hydrogens is 659 g/mol. The van der Waals surface area contributed by atoms with Gasteiger partial charge in [0.2, 0.25) is 0 Å². The highest BCUT2D eigenvalue weighted by molar-refractivity contribution is 6.35. The van der Waals surface area contributed by atoms with Crippen molar-refractivity contribution in [3.63, 3.8) is 0 Å². The fraction of sp³-hybridized carbons (Fsp3) is 0.205. The summed E-state index contributed by atoms with van der Waals surface area (Å²) in [6.45, 7) is 9.08. The van der Waals surface area contributed by atoms with E-state index in [0.717, 1.165) is 22.2 Å². The van der Waals surface area contributed by atoms with Crippen LogP contribution < -0.4 is 22.2 Å². The number of pyridine rings is 2. The van der Waals surface area contributed by atoms with Gasteiger partial charge in [-0.15, -0.1) is 0 Å². The molecule has 2 aromatic heterocycles. The average Bonchev–Trinajstić information content (AvgIpc) is 3.04. The maximum atomic E-state index is 13.3. The number of ether oxygens (including phenoxy) is 1. The van der Waals surface area contributed by atoms with Crippen LogP contribution in [0, 0.1) is 0 Å². The SMILES string of the molecule is C[C@H](N)c1cc2cccc(Cl)c2c(=O)n1-c1ccccc1.C[C@H](NC(=O)OC(C)(C)C)c1cc2cccc(Cl)c2c(=O)n1-c1ccccc1. The summed E-state index contributed by atoms with van der Waals surface area (Å²) in [5, 5.41) is 6.17. The van der Waals surface area contributed by atoms with E-state index in [9.17, 15) is 14.4 Å². The third-order valence-electron chi connectivity index (χ3n) is 7.72. The molecule has 0 unspecified atom stereocenters. The van der Waals surface area contributed by atoms with Crippen LogP contribution in [0.25, 0.3) is 32.9 Å². The normalized spacial score (nSPS) is 12.6. The number of carbonyl (C=O) groups excluding carboxylic acids is 1. The van der Waals surface area contributed by atoms with Gasteiger partial charge in [-0.25, -0.2) is 4.79 Å². The second-order valence-corrected chi connectivity index (χ2v) is 13.5. The molecule has 4 aromatic carbocycles. The van der Waals surface area contributed by atoms with Crippen molar-refractivity contribution in [2.45, 2.75) is 52.3 Å². The summed E-state index contributed by atoms with van der Waals surface area (Å²) >= 11 is 12.5. The van der Waals surface area contributed by atoms with Gasteiger partial charge in [-0.3, -0.25) is 18.7 Å². The maximum absolute atomic E-state index is 13.3. The highest BCUT2D eigenvalue weighted by Gasteiger charge is 2.22. The number of nitrogens with two attached hydrogens (primary N) is 1. The van der Waals surface area contributed by atoms with Gasteiger partial charge in [-0.05, 0) is 93.9 Å². The molecule has 0 fully saturated rings. The summed E-state index contributed by atoms with van der Waals surface area (Å²) in [6, 6.07) is 32.6. The number of rotatable bonds is 5. The lowest BCUT2D eigenvalue weighted by Crippen LogP contribution is -2.36. The number of hydrogen-bond acceptors (Lipinski definition) is 5. The van der Waals surface area contributed by atoms with Crippen molar-refractivity contribution in [2.24, 2.45) is 5.73 Å². The van der Waals surface area contributed by atoms with Crippen LogP contribution in [0.15, 0.2) is 119 Å². The van der Waals surface area contributed by atoms with E-state index in [1.807, 2.05) is 105 Å². The van der Waals surface area contributed by atoms with Gasteiger partial charge in [0.05, 0.1) is 26.9 Å². The number of halogens is 2. The first-order chi connectivity index (χ1) is 23.3. The molecule has 2 atom stereocenters. The molecule has 49 heavy (non-hydrogen) atoms. The summed E-state index contributed by atoms with van der Waals surface area (Å²) < 4.78 is 8.57. The molecule has 0 aliphatic rings. The number of amides is 1. The first kappa shape index (κ1) is 35.4. The summed E-state index contributed by atoms with van der Waals surface area (Å²) in [7, 11) is 0. The van der Waals surface area contributed by atoms with E-state index in [4.69, 9.17) is 33.7 Å². The van der Waals surface area contributed by atoms with E-state index in [2.05, 4.69) is 5.32 Å². The molecule has 6 aromatic rings. The molecule has 252 valence electrons. The van der Waals surface area contributed by atoms with Gasteiger partial charge in [0, 0.05) is 28.8 Å². The van der Waals surface area contributed by atoms with Crippen LogP contribution in [0.3, 0.4) is 0 Å². The number of benzene rings is 4. The van der Waals surface area contributed by atoms with Gasteiger partial charge in [0.15, 0.2) is 0 Å². The van der Waals surface area contributed by atoms with Crippen LogP contribution in [0.2, 0.25) is 10.0 Å². The van der Waals surface area contributed by atoms with Crippen molar-refractivity contribution in [3.05, 3.63) is 151 Å². The highest BCUT2D eigenvalue weighted by atomic mass is 35.5. The van der Waals surface area contributed by atoms with Crippen molar-refractivity contribution >= 4 is 50.8 Å². The predicted octanol–water partition coefficient (Wildman–Crippen LogP) is 8.89. The van der Waals surface area contributed by atoms with Crippen LogP contribution in [0.4, 0.5) is 4.79 Å². The molecule has 0 saturated carbocycles. The lowest BCUT2D eigenvalue weighted by Gasteiger charge is -2.24. The zero-order chi connectivity index (χ0) is 35.5. The highest BCUT2D eigenvalue weighted by Crippen LogP contribution is 2.27. The van der Waals surface area contributed by atoms with Crippen LogP contribution in [0.5, 0.6) is 0 Å². The third kappa shape index (κ3) is 7.89. The molecule has 0 aliphatic heterocycles. The average molecular weight is 698 g/mol. The van der Waals surface area contributed by atoms with Gasteiger partial charge in [-0.1, -0.05) is 83.9 Å². The lowest BCUT2D eigenvalue weighted by molar-refractivity contribution is 0.0506. The van der Waals surface area contributed by atoms with Crippen LogP contribution in [0.1, 0.15) is 58.1 Å². The Morgan fingerprint density at radius 3 is 1.55 bits per heavy atom. The summed E-state index contributed by atoms with van der Waals surface area (Å²) in [5.41, 5.74) is 7.96. The number of carbonyl (C=O) groups is 1. The zero-order valence-corrected chi connectivity index (χ0v) is 29.4.